The standard InChI is InChI=1S/C35H32N6O5S/c1-21-8-3-5-11-26(21)46-27-12-6-4-10-24(27)41-25-13-14-37-32-28(25)29(39-34(41)44)30(47-32)31(42)38-23-9-7-15-40(18-23)33(43)22(17-36)16-35(2)19-45-20-35/h3-6,8,10-14,16,23H,7,9,15,18-20H2,1-2H3,(H,38,42)(H,39,44)/b22-16+/t23-/m1/s1. The van der Waals surface area contributed by atoms with Crippen LogP contribution in [0, 0.1) is 23.7 Å². The van der Waals surface area contributed by atoms with Crippen LogP contribution in [-0.2, 0) is 9.53 Å². The van der Waals surface area contributed by atoms with Gasteiger partial charge >= 0.3 is 6.03 Å². The molecule has 0 unspecified atom stereocenters. The van der Waals surface area contributed by atoms with Crippen LogP contribution in [0.1, 0.15) is 35.0 Å². The second-order valence-corrected chi connectivity index (χ2v) is 13.3. The van der Waals surface area contributed by atoms with E-state index in [0.29, 0.717) is 76.3 Å². The minimum absolute atomic E-state index is 0.0912. The SMILES string of the molecule is Cc1ccccc1Oc1ccccc1N1C(=O)Nc2c(C(=O)N[C@@H]3CCCN(C(=O)/C(C#N)=C/C4(C)COC4)C3)sc3nccc1c23. The molecule has 7 rings (SSSR count). The number of ether oxygens (including phenoxy) is 2. The minimum atomic E-state index is -0.436. The van der Waals surface area contributed by atoms with Crippen molar-refractivity contribution in [1.82, 2.24) is 15.2 Å². The van der Waals surface area contributed by atoms with Gasteiger partial charge in [0.15, 0.2) is 5.75 Å². The summed E-state index contributed by atoms with van der Waals surface area (Å²) in [5, 5.41) is 16.4. The highest BCUT2D eigenvalue weighted by molar-refractivity contribution is 7.21. The highest BCUT2D eigenvalue weighted by Crippen LogP contribution is 2.48. The molecule has 4 aromatic rings. The van der Waals surface area contributed by atoms with E-state index in [0.717, 1.165) is 5.56 Å². The Morgan fingerprint density at radius 1 is 1.15 bits per heavy atom. The van der Waals surface area contributed by atoms with Gasteiger partial charge in [-0.25, -0.2) is 9.78 Å². The number of pyridine rings is 1. The van der Waals surface area contributed by atoms with E-state index in [2.05, 4.69) is 21.7 Å². The van der Waals surface area contributed by atoms with Crippen LogP contribution >= 0.6 is 11.3 Å². The van der Waals surface area contributed by atoms with E-state index in [9.17, 15) is 19.6 Å². The Morgan fingerprint density at radius 3 is 2.66 bits per heavy atom. The number of amides is 4. The van der Waals surface area contributed by atoms with Crippen molar-refractivity contribution in [3.63, 3.8) is 0 Å². The third-order valence-electron chi connectivity index (χ3n) is 8.62. The fraction of sp³-hybridized carbons (Fsp3) is 0.286. The molecular weight excluding hydrogens is 616 g/mol. The number of hydrogen-bond donors (Lipinski definition) is 2. The van der Waals surface area contributed by atoms with E-state index in [-0.39, 0.29) is 35.4 Å². The number of anilines is 3. The Balaban J connectivity index is 1.14. The van der Waals surface area contributed by atoms with Gasteiger partial charge in [0.2, 0.25) is 0 Å². The van der Waals surface area contributed by atoms with Crippen LogP contribution < -0.4 is 20.3 Å². The number of thiophene rings is 1. The van der Waals surface area contributed by atoms with Crippen molar-refractivity contribution >= 4 is 56.5 Å². The van der Waals surface area contributed by atoms with Gasteiger partial charge in [0.05, 0.1) is 35.7 Å². The molecule has 0 radical (unpaired) electrons. The highest BCUT2D eigenvalue weighted by atomic mass is 32.1. The number of nitriles is 1. The molecule has 11 nitrogen and oxygen atoms in total. The molecule has 2 fully saturated rings. The second kappa shape index (κ2) is 12.2. The molecule has 2 N–H and O–H groups in total. The lowest BCUT2D eigenvalue weighted by Gasteiger charge is -2.36. The van der Waals surface area contributed by atoms with Gasteiger partial charge in [0.25, 0.3) is 11.8 Å². The lowest BCUT2D eigenvalue weighted by Crippen LogP contribution is -2.50. The molecule has 5 heterocycles. The van der Waals surface area contributed by atoms with Gasteiger partial charge < -0.3 is 25.0 Å². The molecule has 3 aliphatic heterocycles. The first-order valence-corrected chi connectivity index (χ1v) is 16.2. The Hall–Kier alpha value is -5.25. The Morgan fingerprint density at radius 2 is 1.91 bits per heavy atom. The van der Waals surface area contributed by atoms with Crippen molar-refractivity contribution in [2.45, 2.75) is 32.7 Å². The highest BCUT2D eigenvalue weighted by Gasteiger charge is 2.36. The number of likely N-dealkylation sites (tertiary alicyclic amines) is 1. The molecule has 3 aliphatic rings. The summed E-state index contributed by atoms with van der Waals surface area (Å²) in [7, 11) is 0. The van der Waals surface area contributed by atoms with Crippen LogP contribution in [0.3, 0.4) is 0 Å². The predicted octanol–water partition coefficient (Wildman–Crippen LogP) is 6.29. The van der Waals surface area contributed by atoms with Gasteiger partial charge in [-0.3, -0.25) is 14.5 Å². The maximum absolute atomic E-state index is 13.8. The van der Waals surface area contributed by atoms with Crippen LogP contribution in [0.2, 0.25) is 0 Å². The van der Waals surface area contributed by atoms with E-state index in [4.69, 9.17) is 9.47 Å². The molecule has 12 heteroatoms. The maximum Gasteiger partial charge on any atom is 0.331 e. The summed E-state index contributed by atoms with van der Waals surface area (Å²) in [4.78, 5) is 49.4. The number of carbonyl (C=O) groups is 3. The summed E-state index contributed by atoms with van der Waals surface area (Å²) >= 11 is 1.20. The van der Waals surface area contributed by atoms with E-state index >= 15 is 0 Å². The number of nitrogens with one attached hydrogen (secondary N) is 2. The zero-order chi connectivity index (χ0) is 32.7. The molecule has 4 amide bonds. The number of carbonyl (C=O) groups excluding carboxylic acids is 3. The zero-order valence-electron chi connectivity index (χ0n) is 25.9. The molecule has 0 saturated carbocycles. The van der Waals surface area contributed by atoms with E-state index < -0.39 is 6.03 Å². The average molecular weight is 649 g/mol. The van der Waals surface area contributed by atoms with Gasteiger partial charge in [-0.05, 0) is 49.6 Å². The molecular formula is C35H32N6O5S. The van der Waals surface area contributed by atoms with Crippen molar-refractivity contribution in [2.24, 2.45) is 5.41 Å². The smallest absolute Gasteiger partial charge is 0.331 e. The Bertz CT molecular complexity index is 1990. The summed E-state index contributed by atoms with van der Waals surface area (Å²) in [6.45, 7) is 5.63. The number of piperidine rings is 1. The lowest BCUT2D eigenvalue weighted by molar-refractivity contribution is -0.128. The maximum atomic E-state index is 13.8. The number of nitrogens with zero attached hydrogens (tertiary/aromatic N) is 4. The van der Waals surface area contributed by atoms with E-state index in [1.165, 1.54) is 11.3 Å². The number of para-hydroxylation sites is 3. The fourth-order valence-electron chi connectivity index (χ4n) is 6.20. The molecule has 0 spiro atoms. The van der Waals surface area contributed by atoms with Crippen LogP contribution in [0.25, 0.3) is 10.2 Å². The number of urea groups is 1. The first-order chi connectivity index (χ1) is 22.7. The Kier molecular flexibility index (Phi) is 7.87. The number of hydrogen-bond acceptors (Lipinski definition) is 8. The van der Waals surface area contributed by atoms with Crippen molar-refractivity contribution in [3.8, 4) is 17.6 Å². The zero-order valence-corrected chi connectivity index (χ0v) is 26.7. The molecule has 1 atom stereocenters. The van der Waals surface area contributed by atoms with Gasteiger partial charge in [0, 0.05) is 30.7 Å². The van der Waals surface area contributed by atoms with Crippen molar-refractivity contribution in [3.05, 3.63) is 82.9 Å². The first kappa shape index (κ1) is 30.4. The summed E-state index contributed by atoms with van der Waals surface area (Å²) in [6.07, 6.45) is 4.68. The summed E-state index contributed by atoms with van der Waals surface area (Å²) < 4.78 is 11.5. The molecule has 2 saturated heterocycles. The van der Waals surface area contributed by atoms with Gasteiger partial charge in [-0.15, -0.1) is 11.3 Å². The van der Waals surface area contributed by atoms with Crippen LogP contribution in [0.15, 0.2) is 72.4 Å². The molecule has 2 aromatic heterocycles. The molecule has 238 valence electrons. The first-order valence-electron chi connectivity index (χ1n) is 15.4. The Labute approximate surface area is 275 Å². The van der Waals surface area contributed by atoms with E-state index in [1.54, 1.807) is 28.1 Å². The third kappa shape index (κ3) is 5.68. The average Bonchev–Trinajstić information content (AvgIpc) is 3.43. The van der Waals surface area contributed by atoms with Crippen LogP contribution in [-0.4, -0.2) is 60.1 Å². The number of aryl methyl sites for hydroxylation is 1. The molecule has 0 aliphatic carbocycles. The normalized spacial score (nSPS) is 18.6. The summed E-state index contributed by atoms with van der Waals surface area (Å²) in [6, 6.07) is 18.0. The van der Waals surface area contributed by atoms with Crippen molar-refractivity contribution < 1.29 is 23.9 Å². The van der Waals surface area contributed by atoms with Gasteiger partial charge in [-0.2, -0.15) is 5.26 Å². The molecule has 0 bridgehead atoms. The second-order valence-electron chi connectivity index (χ2n) is 12.3. The van der Waals surface area contributed by atoms with Crippen LogP contribution in [0.5, 0.6) is 11.5 Å². The monoisotopic (exact) mass is 648 g/mol. The van der Waals surface area contributed by atoms with E-state index in [1.807, 2.05) is 62.4 Å². The van der Waals surface area contributed by atoms with Gasteiger partial charge in [0.1, 0.15) is 27.1 Å². The minimum Gasteiger partial charge on any atom is -0.455 e. The quantitative estimate of drug-likeness (QED) is 0.178. The van der Waals surface area contributed by atoms with Gasteiger partial charge in [-0.1, -0.05) is 43.3 Å². The molecule has 47 heavy (non-hydrogen) atoms. The number of benzene rings is 2. The topological polar surface area (TPSA) is 137 Å². The summed E-state index contributed by atoms with van der Waals surface area (Å²) in [5.41, 5.74) is 2.25. The molecule has 2 aromatic carbocycles. The van der Waals surface area contributed by atoms with Crippen LogP contribution in [0.4, 0.5) is 21.9 Å². The van der Waals surface area contributed by atoms with Crippen molar-refractivity contribution in [2.75, 3.05) is 36.5 Å². The van der Waals surface area contributed by atoms with Crippen molar-refractivity contribution in [1.29, 1.82) is 5.26 Å². The largest absolute Gasteiger partial charge is 0.455 e. The lowest BCUT2D eigenvalue weighted by atomic mass is 9.86. The predicted molar refractivity (Wildman–Crippen MR) is 178 cm³/mol. The fourth-order valence-corrected chi connectivity index (χ4v) is 7.22. The number of aromatic nitrogens is 1. The third-order valence-corrected chi connectivity index (χ3v) is 9.72. The summed E-state index contributed by atoms with van der Waals surface area (Å²) in [5.74, 6) is 0.474. The number of rotatable bonds is 7.